The highest BCUT2D eigenvalue weighted by Gasteiger charge is 2.43. The monoisotopic (exact) mass is 274 g/mol. The van der Waals surface area contributed by atoms with E-state index in [0.717, 1.165) is 23.2 Å². The van der Waals surface area contributed by atoms with Gasteiger partial charge in [-0.3, -0.25) is 4.79 Å². The van der Waals surface area contributed by atoms with E-state index >= 15 is 0 Å². The number of carboxylic acids is 1. The van der Waals surface area contributed by atoms with Crippen molar-refractivity contribution in [2.45, 2.75) is 18.9 Å². The van der Waals surface area contributed by atoms with Crippen LogP contribution in [0.3, 0.4) is 0 Å². The molecule has 0 spiro atoms. The number of carboxylic acid groups (broad SMARTS) is 1. The highest BCUT2D eigenvalue weighted by atomic mass is 19.1. The first-order valence-corrected chi connectivity index (χ1v) is 6.60. The highest BCUT2D eigenvalue weighted by Crippen LogP contribution is 2.47. The Balaban J connectivity index is 1.74. The lowest BCUT2D eigenvalue weighted by Gasteiger charge is -2.01. The van der Waals surface area contributed by atoms with Gasteiger partial charge in [-0.05, 0) is 17.9 Å². The molecule has 1 aromatic carbocycles. The molecule has 1 aromatic heterocycles. The molecular weight excluding hydrogens is 259 g/mol. The zero-order valence-corrected chi connectivity index (χ0v) is 10.9. The van der Waals surface area contributed by atoms with E-state index in [1.807, 2.05) is 30.5 Å². The number of hydrogen-bond acceptors (Lipinski definition) is 2. The predicted octanol–water partition coefficient (Wildman–Crippen LogP) is 2.71. The molecule has 0 saturated heterocycles. The molecule has 5 heteroatoms. The summed E-state index contributed by atoms with van der Waals surface area (Å²) in [5.74, 6) is -0.806. The topological polar surface area (TPSA) is 55.1 Å². The summed E-state index contributed by atoms with van der Waals surface area (Å²) in [7, 11) is 0. The van der Waals surface area contributed by atoms with Gasteiger partial charge in [0.05, 0.1) is 24.5 Å². The number of benzene rings is 1. The zero-order chi connectivity index (χ0) is 14.1. The molecule has 2 aromatic rings. The first-order valence-electron chi connectivity index (χ1n) is 6.60. The molecule has 1 heterocycles. The van der Waals surface area contributed by atoms with Crippen LogP contribution < -0.4 is 0 Å². The van der Waals surface area contributed by atoms with Crippen LogP contribution in [0.25, 0.3) is 11.3 Å². The summed E-state index contributed by atoms with van der Waals surface area (Å²) in [4.78, 5) is 15.1. The van der Waals surface area contributed by atoms with Crippen molar-refractivity contribution >= 4 is 5.97 Å². The van der Waals surface area contributed by atoms with Crippen molar-refractivity contribution in [3.05, 3.63) is 42.4 Å². The number of halogens is 1. The van der Waals surface area contributed by atoms with Gasteiger partial charge in [-0.15, -0.1) is 0 Å². The Hall–Kier alpha value is -2.17. The predicted molar refractivity (Wildman–Crippen MR) is 72.1 cm³/mol. The summed E-state index contributed by atoms with van der Waals surface area (Å²) in [5.41, 5.74) is 2.82. The quantitative estimate of drug-likeness (QED) is 0.912. The van der Waals surface area contributed by atoms with Crippen LogP contribution in [0, 0.1) is 5.92 Å². The standard InChI is InChI=1S/C15H15FN2O2/c16-5-6-18-8-14(17-9-18)11-3-1-10(2-4-11)12-7-13(12)15(19)20/h1-4,8-9,12-13H,5-7H2,(H,19,20)/t12-,13+/m1/s1. The molecular formula is C15H15FN2O2. The number of imidazole rings is 1. The van der Waals surface area contributed by atoms with Crippen LogP contribution in [0.5, 0.6) is 0 Å². The Bertz CT molecular complexity index is 621. The Kier molecular flexibility index (Phi) is 3.26. The molecule has 1 fully saturated rings. The van der Waals surface area contributed by atoms with E-state index < -0.39 is 12.6 Å². The number of rotatable bonds is 5. The molecule has 1 aliphatic rings. The van der Waals surface area contributed by atoms with Gasteiger partial charge in [0.2, 0.25) is 0 Å². The first-order chi connectivity index (χ1) is 9.69. The fraction of sp³-hybridized carbons (Fsp3) is 0.333. The maximum Gasteiger partial charge on any atom is 0.307 e. The van der Waals surface area contributed by atoms with Crippen molar-refractivity contribution in [1.82, 2.24) is 9.55 Å². The fourth-order valence-electron chi connectivity index (χ4n) is 2.47. The smallest absolute Gasteiger partial charge is 0.307 e. The number of aromatic nitrogens is 2. The lowest BCUT2D eigenvalue weighted by molar-refractivity contribution is -0.138. The lowest BCUT2D eigenvalue weighted by Crippen LogP contribution is -1.98. The molecule has 0 amide bonds. The molecule has 4 nitrogen and oxygen atoms in total. The Morgan fingerprint density at radius 3 is 2.75 bits per heavy atom. The third kappa shape index (κ3) is 2.43. The second-order valence-electron chi connectivity index (χ2n) is 5.09. The Morgan fingerprint density at radius 2 is 2.15 bits per heavy atom. The summed E-state index contributed by atoms with van der Waals surface area (Å²) in [6, 6.07) is 7.79. The van der Waals surface area contributed by atoms with E-state index in [-0.39, 0.29) is 11.8 Å². The number of nitrogens with zero attached hydrogens (tertiary/aromatic N) is 2. The van der Waals surface area contributed by atoms with Crippen LogP contribution in [0.2, 0.25) is 0 Å². The molecule has 0 bridgehead atoms. The van der Waals surface area contributed by atoms with Gasteiger partial charge in [0.15, 0.2) is 0 Å². The Labute approximate surface area is 115 Å². The van der Waals surface area contributed by atoms with E-state index in [9.17, 15) is 9.18 Å². The molecule has 0 aliphatic heterocycles. The van der Waals surface area contributed by atoms with Gasteiger partial charge in [0.25, 0.3) is 0 Å². The van der Waals surface area contributed by atoms with Gasteiger partial charge in [-0.2, -0.15) is 0 Å². The summed E-state index contributed by atoms with van der Waals surface area (Å²) in [5, 5.41) is 8.93. The molecule has 3 rings (SSSR count). The second-order valence-corrected chi connectivity index (χ2v) is 5.09. The van der Waals surface area contributed by atoms with Crippen LogP contribution in [0.1, 0.15) is 17.9 Å². The van der Waals surface area contributed by atoms with E-state index in [2.05, 4.69) is 4.98 Å². The maximum atomic E-state index is 12.2. The van der Waals surface area contributed by atoms with Crippen molar-refractivity contribution < 1.29 is 14.3 Å². The summed E-state index contributed by atoms with van der Waals surface area (Å²) in [6.45, 7) is -0.0968. The van der Waals surface area contributed by atoms with Gasteiger partial charge in [0.1, 0.15) is 6.67 Å². The van der Waals surface area contributed by atoms with Crippen LogP contribution in [-0.4, -0.2) is 27.3 Å². The lowest BCUT2D eigenvalue weighted by atomic mass is 10.1. The molecule has 104 valence electrons. The number of aliphatic carboxylic acids is 1. The van der Waals surface area contributed by atoms with Gasteiger partial charge in [0, 0.05) is 11.8 Å². The van der Waals surface area contributed by atoms with Crippen molar-refractivity contribution in [1.29, 1.82) is 0 Å². The number of alkyl halides is 1. The maximum absolute atomic E-state index is 12.2. The molecule has 2 atom stereocenters. The van der Waals surface area contributed by atoms with E-state index in [1.165, 1.54) is 0 Å². The number of hydrogen-bond donors (Lipinski definition) is 1. The van der Waals surface area contributed by atoms with Crippen molar-refractivity contribution in [3.8, 4) is 11.3 Å². The van der Waals surface area contributed by atoms with Crippen molar-refractivity contribution in [2.24, 2.45) is 5.92 Å². The third-order valence-corrected chi connectivity index (χ3v) is 3.72. The minimum atomic E-state index is -0.718. The molecule has 1 saturated carbocycles. The van der Waals surface area contributed by atoms with Crippen LogP contribution >= 0.6 is 0 Å². The minimum Gasteiger partial charge on any atom is -0.481 e. The van der Waals surface area contributed by atoms with Crippen molar-refractivity contribution in [3.63, 3.8) is 0 Å². The van der Waals surface area contributed by atoms with Gasteiger partial charge >= 0.3 is 5.97 Å². The molecule has 1 aliphatic carbocycles. The minimum absolute atomic E-state index is 0.144. The SMILES string of the molecule is O=C(O)[C@H]1C[C@@H]1c1ccc(-c2cn(CCF)cn2)cc1. The van der Waals surface area contributed by atoms with Gasteiger partial charge in [-0.25, -0.2) is 9.37 Å². The largest absolute Gasteiger partial charge is 0.481 e. The fourth-order valence-corrected chi connectivity index (χ4v) is 2.47. The van der Waals surface area contributed by atoms with E-state index in [0.29, 0.717) is 6.54 Å². The first kappa shape index (κ1) is 12.8. The molecule has 0 unspecified atom stereocenters. The van der Waals surface area contributed by atoms with Gasteiger partial charge in [-0.1, -0.05) is 24.3 Å². The summed E-state index contributed by atoms with van der Waals surface area (Å²) >= 11 is 0. The number of aryl methyl sites for hydroxylation is 1. The molecule has 0 radical (unpaired) electrons. The molecule has 1 N–H and O–H groups in total. The van der Waals surface area contributed by atoms with E-state index in [1.54, 1.807) is 10.9 Å². The third-order valence-electron chi connectivity index (χ3n) is 3.72. The average Bonchev–Trinajstić information content (AvgIpc) is 3.13. The van der Waals surface area contributed by atoms with Gasteiger partial charge < -0.3 is 9.67 Å². The summed E-state index contributed by atoms with van der Waals surface area (Å²) in [6.07, 6.45) is 4.15. The molecule has 20 heavy (non-hydrogen) atoms. The zero-order valence-electron chi connectivity index (χ0n) is 10.9. The van der Waals surface area contributed by atoms with E-state index in [4.69, 9.17) is 5.11 Å². The normalized spacial score (nSPS) is 20.9. The summed E-state index contributed by atoms with van der Waals surface area (Å²) < 4.78 is 14.0. The highest BCUT2D eigenvalue weighted by molar-refractivity contribution is 5.75. The Morgan fingerprint density at radius 1 is 1.40 bits per heavy atom. The van der Waals surface area contributed by atoms with Crippen LogP contribution in [-0.2, 0) is 11.3 Å². The second kappa shape index (κ2) is 5.07. The van der Waals surface area contributed by atoms with Crippen LogP contribution in [0.15, 0.2) is 36.8 Å². The van der Waals surface area contributed by atoms with Crippen molar-refractivity contribution in [2.75, 3.05) is 6.67 Å². The number of carbonyl (C=O) groups is 1. The average molecular weight is 274 g/mol. The van der Waals surface area contributed by atoms with Crippen LogP contribution in [0.4, 0.5) is 4.39 Å².